The van der Waals surface area contributed by atoms with E-state index in [-0.39, 0.29) is 25.3 Å². The molecule has 0 amide bonds. The third-order valence-corrected chi connectivity index (χ3v) is 3.92. The summed E-state index contributed by atoms with van der Waals surface area (Å²) in [6.07, 6.45) is -1.05. The van der Waals surface area contributed by atoms with Crippen molar-refractivity contribution >= 4 is 5.97 Å². The van der Waals surface area contributed by atoms with E-state index < -0.39 is 29.4 Å². The van der Waals surface area contributed by atoms with Gasteiger partial charge in [-0.15, -0.1) is 0 Å². The Labute approximate surface area is 129 Å². The quantitative estimate of drug-likeness (QED) is 0.751. The van der Waals surface area contributed by atoms with Crippen molar-refractivity contribution in [2.45, 2.75) is 63.4 Å². The van der Waals surface area contributed by atoms with Crippen LogP contribution in [0.2, 0.25) is 0 Å². The summed E-state index contributed by atoms with van der Waals surface area (Å²) in [5, 5.41) is 11.6. The molecule has 8 nitrogen and oxygen atoms in total. The first-order chi connectivity index (χ1) is 10.1. The van der Waals surface area contributed by atoms with Gasteiger partial charge in [0.25, 0.3) is 0 Å². The molecule has 3 aliphatic heterocycles. The second kappa shape index (κ2) is 5.12. The van der Waals surface area contributed by atoms with Crippen LogP contribution in [0.5, 0.6) is 0 Å². The lowest BCUT2D eigenvalue weighted by Gasteiger charge is -2.40. The lowest BCUT2D eigenvalue weighted by Crippen LogP contribution is -2.62. The molecule has 2 unspecified atom stereocenters. The molecule has 22 heavy (non-hydrogen) atoms. The van der Waals surface area contributed by atoms with Crippen LogP contribution in [0.15, 0.2) is 0 Å². The zero-order valence-corrected chi connectivity index (χ0v) is 13.3. The Bertz CT molecular complexity index is 466. The van der Waals surface area contributed by atoms with E-state index in [1.807, 2.05) is 13.8 Å². The van der Waals surface area contributed by atoms with Gasteiger partial charge < -0.3 is 34.1 Å². The molecule has 3 fully saturated rings. The molecule has 0 bridgehead atoms. The summed E-state index contributed by atoms with van der Waals surface area (Å²) < 4.78 is 29.6. The van der Waals surface area contributed by atoms with Gasteiger partial charge in [0.2, 0.25) is 5.79 Å². The summed E-state index contributed by atoms with van der Waals surface area (Å²) in [6, 6.07) is 0. The van der Waals surface area contributed by atoms with Crippen molar-refractivity contribution in [2.75, 3.05) is 19.7 Å². The largest absolute Gasteiger partial charge is 0.480 e. The number of hydrogen-bond donors (Lipinski definition) is 2. The highest BCUT2D eigenvalue weighted by Crippen LogP contribution is 2.47. The summed E-state index contributed by atoms with van der Waals surface area (Å²) in [5.74, 6) is -3.58. The molecular weight excluding hydrogens is 294 g/mol. The number of rotatable bonds is 4. The van der Waals surface area contributed by atoms with Crippen LogP contribution in [0.4, 0.5) is 0 Å². The van der Waals surface area contributed by atoms with Gasteiger partial charge in [-0.25, -0.2) is 0 Å². The molecule has 3 rings (SSSR count). The van der Waals surface area contributed by atoms with E-state index >= 15 is 0 Å². The highest BCUT2D eigenvalue weighted by atomic mass is 16.9. The topological polar surface area (TPSA) is 95.5 Å². The third-order valence-electron chi connectivity index (χ3n) is 3.92. The lowest BCUT2D eigenvalue weighted by molar-refractivity contribution is -0.277. The van der Waals surface area contributed by atoms with Crippen LogP contribution in [-0.2, 0) is 28.5 Å². The first kappa shape index (κ1) is 16.1. The Morgan fingerprint density at radius 1 is 1.18 bits per heavy atom. The average Bonchev–Trinajstić information content (AvgIpc) is 2.80. The van der Waals surface area contributed by atoms with Gasteiger partial charge in [-0.05, 0) is 27.7 Å². The van der Waals surface area contributed by atoms with Gasteiger partial charge in [-0.3, -0.25) is 4.79 Å². The molecule has 8 heteroatoms. The van der Waals surface area contributed by atoms with Crippen LogP contribution in [0.25, 0.3) is 0 Å². The zero-order chi connectivity index (χ0) is 16.2. The number of nitrogens with one attached hydrogen (secondary N) is 1. The molecule has 3 aliphatic rings. The van der Waals surface area contributed by atoms with Gasteiger partial charge in [0.15, 0.2) is 11.6 Å². The summed E-state index contributed by atoms with van der Waals surface area (Å²) in [7, 11) is 0. The van der Waals surface area contributed by atoms with Crippen molar-refractivity contribution in [3.05, 3.63) is 0 Å². The smallest absolute Gasteiger partial charge is 0.317 e. The minimum atomic E-state index is -1.08. The minimum absolute atomic E-state index is 0.182. The second-order valence-corrected chi connectivity index (χ2v) is 6.80. The van der Waals surface area contributed by atoms with E-state index in [0.29, 0.717) is 6.61 Å². The Morgan fingerprint density at radius 2 is 1.91 bits per heavy atom. The van der Waals surface area contributed by atoms with Crippen LogP contribution < -0.4 is 5.32 Å². The summed E-state index contributed by atoms with van der Waals surface area (Å²) >= 11 is 0. The SMILES string of the molecule is CC1(C)OC2C3OC(C)(C)O[C@]3(CNCC(=O)O)OC[C@H]2O1. The fourth-order valence-electron chi connectivity index (χ4n) is 3.33. The van der Waals surface area contributed by atoms with Crippen LogP contribution in [0.3, 0.4) is 0 Å². The van der Waals surface area contributed by atoms with E-state index in [1.54, 1.807) is 13.8 Å². The van der Waals surface area contributed by atoms with Crippen molar-refractivity contribution in [2.24, 2.45) is 0 Å². The van der Waals surface area contributed by atoms with Gasteiger partial charge in [0.05, 0.1) is 19.7 Å². The Kier molecular flexibility index (Phi) is 3.75. The maximum atomic E-state index is 10.7. The number of ether oxygens (including phenoxy) is 5. The average molecular weight is 317 g/mol. The van der Waals surface area contributed by atoms with E-state index in [0.717, 1.165) is 0 Å². The molecule has 0 aromatic heterocycles. The second-order valence-electron chi connectivity index (χ2n) is 6.80. The first-order valence-electron chi connectivity index (χ1n) is 7.43. The van der Waals surface area contributed by atoms with Crippen LogP contribution in [0, 0.1) is 0 Å². The van der Waals surface area contributed by atoms with Crippen molar-refractivity contribution in [3.63, 3.8) is 0 Å². The number of fused-ring (bicyclic) bond motifs is 3. The minimum Gasteiger partial charge on any atom is -0.480 e. The van der Waals surface area contributed by atoms with E-state index in [4.69, 9.17) is 28.8 Å². The molecule has 0 radical (unpaired) electrons. The highest BCUT2D eigenvalue weighted by Gasteiger charge is 2.65. The molecule has 2 N–H and O–H groups in total. The molecular formula is C14H23NO7. The Hall–Kier alpha value is -0.770. The van der Waals surface area contributed by atoms with Crippen molar-refractivity contribution in [1.82, 2.24) is 5.32 Å². The number of carboxylic acids is 1. The molecule has 3 saturated heterocycles. The monoisotopic (exact) mass is 317 g/mol. The number of aliphatic carboxylic acids is 1. The fourth-order valence-corrected chi connectivity index (χ4v) is 3.33. The van der Waals surface area contributed by atoms with Crippen molar-refractivity contribution in [1.29, 1.82) is 0 Å². The zero-order valence-electron chi connectivity index (χ0n) is 13.3. The summed E-state index contributed by atoms with van der Waals surface area (Å²) in [4.78, 5) is 10.7. The van der Waals surface area contributed by atoms with Gasteiger partial charge in [0.1, 0.15) is 18.3 Å². The molecule has 4 atom stereocenters. The molecule has 0 spiro atoms. The molecule has 126 valence electrons. The number of hydrogen-bond acceptors (Lipinski definition) is 7. The Balaban J connectivity index is 1.79. The molecule has 0 aromatic rings. The first-order valence-corrected chi connectivity index (χ1v) is 7.43. The fraction of sp³-hybridized carbons (Fsp3) is 0.929. The normalized spacial score (nSPS) is 41.9. The van der Waals surface area contributed by atoms with Crippen LogP contribution >= 0.6 is 0 Å². The van der Waals surface area contributed by atoms with Gasteiger partial charge in [-0.2, -0.15) is 0 Å². The van der Waals surface area contributed by atoms with Gasteiger partial charge in [-0.1, -0.05) is 0 Å². The molecule has 0 saturated carbocycles. The highest BCUT2D eigenvalue weighted by molar-refractivity contribution is 5.69. The predicted octanol–water partition coefficient (Wildman–Crippen LogP) is 0.0587. The van der Waals surface area contributed by atoms with Gasteiger partial charge in [0, 0.05) is 0 Å². The van der Waals surface area contributed by atoms with Crippen LogP contribution in [-0.4, -0.2) is 66.4 Å². The van der Waals surface area contributed by atoms with E-state index in [9.17, 15) is 4.79 Å². The maximum absolute atomic E-state index is 10.7. The van der Waals surface area contributed by atoms with Gasteiger partial charge >= 0.3 is 5.97 Å². The number of carbonyl (C=O) groups is 1. The predicted molar refractivity (Wildman–Crippen MR) is 73.1 cm³/mol. The molecule has 3 heterocycles. The van der Waals surface area contributed by atoms with Crippen molar-refractivity contribution < 1.29 is 33.6 Å². The summed E-state index contributed by atoms with van der Waals surface area (Å²) in [5.41, 5.74) is 0. The standard InChI is InChI=1S/C14H23NO7/c1-12(2)19-8-6-18-14(7-15-5-9(16)17)11(10(8)20-12)21-13(3,4)22-14/h8,10-11,15H,5-7H2,1-4H3,(H,16,17)/t8-,10?,11?,14+/m1/s1. The van der Waals surface area contributed by atoms with E-state index in [2.05, 4.69) is 5.32 Å². The maximum Gasteiger partial charge on any atom is 0.317 e. The third kappa shape index (κ3) is 2.86. The van der Waals surface area contributed by atoms with Crippen LogP contribution in [0.1, 0.15) is 27.7 Å². The molecule has 0 aliphatic carbocycles. The lowest BCUT2D eigenvalue weighted by atomic mass is 9.97. The molecule has 0 aromatic carbocycles. The Morgan fingerprint density at radius 3 is 2.59 bits per heavy atom. The van der Waals surface area contributed by atoms with E-state index in [1.165, 1.54) is 0 Å². The number of carboxylic acid groups (broad SMARTS) is 1. The summed E-state index contributed by atoms with van der Waals surface area (Å²) in [6.45, 7) is 7.60. The van der Waals surface area contributed by atoms with Crippen molar-refractivity contribution in [3.8, 4) is 0 Å².